The molecule has 0 bridgehead atoms. The van der Waals surface area contributed by atoms with Gasteiger partial charge in [0.15, 0.2) is 11.6 Å². The number of ether oxygens (including phenoxy) is 2. The molecule has 0 unspecified atom stereocenters. The van der Waals surface area contributed by atoms with Crippen LogP contribution in [0, 0.1) is 18.6 Å². The number of halogens is 2. The summed E-state index contributed by atoms with van der Waals surface area (Å²) in [4.78, 5) is 11.3. The van der Waals surface area contributed by atoms with Gasteiger partial charge < -0.3 is 14.8 Å². The number of benzene rings is 1. The Morgan fingerprint density at radius 1 is 1.25 bits per heavy atom. The van der Waals surface area contributed by atoms with Crippen LogP contribution in [0.5, 0.6) is 5.75 Å². The van der Waals surface area contributed by atoms with Crippen LogP contribution in [0.4, 0.5) is 13.6 Å². The van der Waals surface area contributed by atoms with Crippen molar-refractivity contribution in [2.75, 3.05) is 13.2 Å². The minimum Gasteiger partial charge on any atom is -0.489 e. The van der Waals surface area contributed by atoms with Crippen molar-refractivity contribution in [3.63, 3.8) is 0 Å². The van der Waals surface area contributed by atoms with Gasteiger partial charge in [0.25, 0.3) is 0 Å². The van der Waals surface area contributed by atoms with E-state index in [-0.39, 0.29) is 18.9 Å². The fraction of sp³-hybridized carbons (Fsp3) is 0.500. The van der Waals surface area contributed by atoms with E-state index < -0.39 is 23.3 Å². The lowest BCUT2D eigenvalue weighted by Crippen LogP contribution is -2.34. The highest BCUT2D eigenvalue weighted by Crippen LogP contribution is 2.20. The predicted molar refractivity (Wildman–Crippen MR) is 70.8 cm³/mol. The van der Waals surface area contributed by atoms with Crippen LogP contribution in [0.25, 0.3) is 0 Å². The lowest BCUT2D eigenvalue weighted by Gasteiger charge is -2.19. The maximum Gasteiger partial charge on any atom is 0.407 e. The lowest BCUT2D eigenvalue weighted by molar-refractivity contribution is 0.0520. The maximum atomic E-state index is 13.4. The zero-order valence-corrected chi connectivity index (χ0v) is 12.0. The molecule has 4 nitrogen and oxygen atoms in total. The van der Waals surface area contributed by atoms with Crippen molar-refractivity contribution in [3.8, 4) is 5.75 Å². The van der Waals surface area contributed by atoms with Crippen LogP contribution in [0.3, 0.4) is 0 Å². The fourth-order valence-electron chi connectivity index (χ4n) is 1.37. The molecule has 1 amide bonds. The lowest BCUT2D eigenvalue weighted by atomic mass is 10.2. The first kappa shape index (κ1) is 16.2. The van der Waals surface area contributed by atoms with Crippen LogP contribution in [0.15, 0.2) is 12.1 Å². The van der Waals surface area contributed by atoms with Crippen molar-refractivity contribution >= 4 is 6.09 Å². The minimum absolute atomic E-state index is 0.0464. The second-order valence-electron chi connectivity index (χ2n) is 5.31. The molecular weight excluding hydrogens is 268 g/mol. The molecule has 0 saturated heterocycles. The summed E-state index contributed by atoms with van der Waals surface area (Å²) in [6.45, 7) is 6.98. The second kappa shape index (κ2) is 6.54. The third kappa shape index (κ3) is 5.42. The Morgan fingerprint density at radius 3 is 2.50 bits per heavy atom. The van der Waals surface area contributed by atoms with Crippen LogP contribution in [0.1, 0.15) is 26.3 Å². The maximum absolute atomic E-state index is 13.4. The molecule has 20 heavy (non-hydrogen) atoms. The highest BCUT2D eigenvalue weighted by molar-refractivity contribution is 5.67. The van der Waals surface area contributed by atoms with Gasteiger partial charge in [-0.15, -0.1) is 0 Å². The molecule has 0 aliphatic carbocycles. The summed E-state index contributed by atoms with van der Waals surface area (Å²) in [6.07, 6.45) is -0.572. The molecule has 0 aromatic heterocycles. The first-order chi connectivity index (χ1) is 9.19. The van der Waals surface area contributed by atoms with Crippen LogP contribution in [-0.4, -0.2) is 24.8 Å². The van der Waals surface area contributed by atoms with Crippen LogP contribution < -0.4 is 10.1 Å². The van der Waals surface area contributed by atoms with Crippen LogP contribution in [-0.2, 0) is 4.74 Å². The Balaban J connectivity index is 2.38. The quantitative estimate of drug-likeness (QED) is 0.865. The van der Waals surface area contributed by atoms with Crippen molar-refractivity contribution < 1.29 is 23.0 Å². The average Bonchev–Trinajstić information content (AvgIpc) is 2.28. The van der Waals surface area contributed by atoms with Crippen molar-refractivity contribution in [3.05, 3.63) is 29.3 Å². The van der Waals surface area contributed by atoms with E-state index in [2.05, 4.69) is 5.32 Å². The molecule has 0 aliphatic heterocycles. The first-order valence-corrected chi connectivity index (χ1v) is 6.24. The number of hydrogen-bond acceptors (Lipinski definition) is 3. The SMILES string of the molecule is Cc1cc(OCCNC(=O)OC(C)(C)C)c(F)cc1F. The largest absolute Gasteiger partial charge is 0.489 e. The molecule has 0 aliphatic rings. The van der Waals surface area contributed by atoms with Gasteiger partial charge >= 0.3 is 6.09 Å². The summed E-state index contributed by atoms with van der Waals surface area (Å²) < 4.78 is 36.6. The highest BCUT2D eigenvalue weighted by Gasteiger charge is 2.15. The molecular formula is C14H19F2NO3. The van der Waals surface area contributed by atoms with Crippen molar-refractivity contribution in [2.24, 2.45) is 0 Å². The molecule has 0 spiro atoms. The molecule has 0 heterocycles. The van der Waals surface area contributed by atoms with Gasteiger partial charge in [-0.2, -0.15) is 0 Å². The standard InChI is InChI=1S/C14H19F2NO3/c1-9-7-12(11(16)8-10(9)15)19-6-5-17-13(18)20-14(2,3)4/h7-8H,5-6H2,1-4H3,(H,17,18). The van der Waals surface area contributed by atoms with E-state index in [1.807, 2.05) is 0 Å². The number of aryl methyl sites for hydroxylation is 1. The average molecular weight is 287 g/mol. The normalized spacial score (nSPS) is 11.1. The van der Waals surface area contributed by atoms with Gasteiger partial charge in [0.2, 0.25) is 0 Å². The molecule has 0 atom stereocenters. The predicted octanol–water partition coefficient (Wildman–Crippen LogP) is 3.18. The van der Waals surface area contributed by atoms with Crippen molar-refractivity contribution in [1.82, 2.24) is 5.32 Å². The number of amides is 1. The molecule has 1 N–H and O–H groups in total. The van der Waals surface area contributed by atoms with E-state index >= 15 is 0 Å². The molecule has 0 saturated carbocycles. The van der Waals surface area contributed by atoms with Crippen molar-refractivity contribution in [2.45, 2.75) is 33.3 Å². The van der Waals surface area contributed by atoms with Gasteiger partial charge in [0.1, 0.15) is 18.0 Å². The van der Waals surface area contributed by atoms with E-state index in [1.54, 1.807) is 20.8 Å². The number of hydrogen-bond donors (Lipinski definition) is 1. The summed E-state index contributed by atoms with van der Waals surface area (Å²) in [7, 11) is 0. The second-order valence-corrected chi connectivity index (χ2v) is 5.31. The third-order valence-corrected chi connectivity index (χ3v) is 2.24. The van der Waals surface area contributed by atoms with E-state index in [0.29, 0.717) is 5.56 Å². The van der Waals surface area contributed by atoms with E-state index in [0.717, 1.165) is 6.07 Å². The number of carbonyl (C=O) groups is 1. The van der Waals surface area contributed by atoms with Crippen LogP contribution >= 0.6 is 0 Å². The number of nitrogens with one attached hydrogen (secondary N) is 1. The molecule has 1 rings (SSSR count). The zero-order chi connectivity index (χ0) is 15.3. The summed E-state index contributed by atoms with van der Waals surface area (Å²) >= 11 is 0. The number of rotatable bonds is 4. The summed E-state index contributed by atoms with van der Waals surface area (Å²) in [5.41, 5.74) is -0.285. The number of carbonyl (C=O) groups excluding carboxylic acids is 1. The summed E-state index contributed by atoms with van der Waals surface area (Å²) in [5, 5.41) is 2.47. The first-order valence-electron chi connectivity index (χ1n) is 6.24. The van der Waals surface area contributed by atoms with Gasteiger partial charge in [-0.3, -0.25) is 0 Å². The Morgan fingerprint density at radius 2 is 1.90 bits per heavy atom. The zero-order valence-electron chi connectivity index (χ0n) is 12.0. The van der Waals surface area contributed by atoms with E-state index in [4.69, 9.17) is 9.47 Å². The number of alkyl carbamates (subject to hydrolysis) is 1. The Kier molecular flexibility index (Phi) is 5.30. The summed E-state index contributed by atoms with van der Waals surface area (Å²) in [6, 6.07) is 2.05. The van der Waals surface area contributed by atoms with E-state index in [1.165, 1.54) is 13.0 Å². The molecule has 0 radical (unpaired) electrons. The van der Waals surface area contributed by atoms with Crippen molar-refractivity contribution in [1.29, 1.82) is 0 Å². The molecule has 112 valence electrons. The summed E-state index contributed by atoms with van der Waals surface area (Å²) in [5.74, 6) is -1.44. The third-order valence-electron chi connectivity index (χ3n) is 2.24. The molecule has 6 heteroatoms. The minimum atomic E-state index is -0.773. The monoisotopic (exact) mass is 287 g/mol. The Hall–Kier alpha value is -1.85. The Bertz CT molecular complexity index is 484. The van der Waals surface area contributed by atoms with Crippen LogP contribution in [0.2, 0.25) is 0 Å². The Labute approximate surface area is 117 Å². The molecule has 1 aromatic rings. The van der Waals surface area contributed by atoms with Gasteiger partial charge in [0.05, 0.1) is 6.54 Å². The highest BCUT2D eigenvalue weighted by atomic mass is 19.1. The van der Waals surface area contributed by atoms with E-state index in [9.17, 15) is 13.6 Å². The topological polar surface area (TPSA) is 47.6 Å². The molecule has 0 fully saturated rings. The van der Waals surface area contributed by atoms with Gasteiger partial charge in [-0.1, -0.05) is 0 Å². The van der Waals surface area contributed by atoms with Gasteiger partial charge in [-0.05, 0) is 39.3 Å². The smallest absolute Gasteiger partial charge is 0.407 e. The van der Waals surface area contributed by atoms with Gasteiger partial charge in [0, 0.05) is 6.07 Å². The van der Waals surface area contributed by atoms with Gasteiger partial charge in [-0.25, -0.2) is 13.6 Å². The fourth-order valence-corrected chi connectivity index (χ4v) is 1.37. The molecule has 1 aromatic carbocycles.